The fourth-order valence-corrected chi connectivity index (χ4v) is 6.83. The van der Waals surface area contributed by atoms with Crippen molar-refractivity contribution in [3.05, 3.63) is 119 Å². The molecule has 1 heterocycles. The standard InChI is InChI=1S/C21H27N5O4S.C19H24N2O3/c1-15-13-24-19(14-23-15)20(27)22-12-11-16-7-9-18(10-8-16)31(29,30)26-21(28)25-17-5-3-2-4-6-17;1-13(7-8-14-5-3-2-4-6-14)21-12-18(23)15-9-10-17(22)16(11-15)19(20)24/h7-10,13-14,17H,2-6,11-12H2,1H3,(H,22,27)(H2,25,26,28);2-6,9-11,13,18,21-23H,7-8,12H2,1H3,(H2,20,24). The average Bonchev–Trinajstić information content (AvgIpc) is 3.17. The Morgan fingerprint density at radius 2 is 1.60 bits per heavy atom. The number of benzene rings is 3. The van der Waals surface area contributed by atoms with E-state index >= 15 is 0 Å². The topological polar surface area (TPSA) is 226 Å². The molecule has 4 aromatic rings. The van der Waals surface area contributed by atoms with Crippen LogP contribution in [0.3, 0.4) is 0 Å². The van der Waals surface area contributed by atoms with Gasteiger partial charge in [0.25, 0.3) is 21.8 Å². The van der Waals surface area contributed by atoms with Crippen LogP contribution in [0.25, 0.3) is 0 Å². The van der Waals surface area contributed by atoms with Gasteiger partial charge in [-0.25, -0.2) is 22.9 Å². The Labute approximate surface area is 322 Å². The number of nitrogens with two attached hydrogens (primary N) is 1. The highest BCUT2D eigenvalue weighted by Gasteiger charge is 2.21. The summed E-state index contributed by atoms with van der Waals surface area (Å²) in [6.45, 7) is 4.58. The molecule has 0 aliphatic heterocycles. The van der Waals surface area contributed by atoms with Crippen LogP contribution in [0.5, 0.6) is 5.75 Å². The van der Waals surface area contributed by atoms with Gasteiger partial charge in [0.1, 0.15) is 11.4 Å². The second-order valence-electron chi connectivity index (χ2n) is 13.6. The Bertz CT molecular complexity index is 1960. The third kappa shape index (κ3) is 14.1. The number of aromatic hydroxyl groups is 1. The Morgan fingerprint density at radius 1 is 0.909 bits per heavy atom. The van der Waals surface area contributed by atoms with Gasteiger partial charge in [0.15, 0.2) is 0 Å². The number of primary amides is 1. The molecule has 4 amide bonds. The van der Waals surface area contributed by atoms with Gasteiger partial charge < -0.3 is 31.9 Å². The SMILES string of the molecule is CC(CCc1ccccc1)NCC(O)c1ccc(O)c(C(N)=O)c1.Cc1cnc(C(=O)NCCc2ccc(S(=O)(=O)NC(=O)NC3CCCCC3)cc2)cn1. The Morgan fingerprint density at radius 3 is 2.25 bits per heavy atom. The van der Waals surface area contributed by atoms with Crippen molar-refractivity contribution < 1.29 is 33.0 Å². The van der Waals surface area contributed by atoms with Crippen LogP contribution in [0.15, 0.2) is 90.1 Å². The Kier molecular flexibility index (Phi) is 16.1. The fraction of sp³-hybridized carbons (Fsp3) is 0.375. The molecule has 5 rings (SSSR count). The minimum absolute atomic E-state index is 0.00834. The van der Waals surface area contributed by atoms with Crippen molar-refractivity contribution in [3.8, 4) is 5.75 Å². The zero-order valence-electron chi connectivity index (χ0n) is 31.2. The van der Waals surface area contributed by atoms with Gasteiger partial charge in [-0.2, -0.15) is 0 Å². The van der Waals surface area contributed by atoms with E-state index in [2.05, 4.69) is 49.7 Å². The Hall–Kier alpha value is -5.38. The normalized spacial score (nSPS) is 14.1. The van der Waals surface area contributed by atoms with Crippen molar-refractivity contribution in [1.29, 1.82) is 0 Å². The molecule has 1 saturated carbocycles. The molecule has 1 aliphatic rings. The monoisotopic (exact) mass is 773 g/mol. The lowest BCUT2D eigenvalue weighted by molar-refractivity contribution is 0.0947. The number of aromatic nitrogens is 2. The lowest BCUT2D eigenvalue weighted by atomic mass is 9.96. The Balaban J connectivity index is 0.000000253. The molecule has 3 aromatic carbocycles. The molecule has 1 aromatic heterocycles. The lowest BCUT2D eigenvalue weighted by Gasteiger charge is -2.22. The summed E-state index contributed by atoms with van der Waals surface area (Å²) in [6, 6.07) is 20.4. The largest absolute Gasteiger partial charge is 0.507 e. The van der Waals surface area contributed by atoms with E-state index in [1.54, 1.807) is 25.1 Å². The summed E-state index contributed by atoms with van der Waals surface area (Å²) in [7, 11) is -3.95. The van der Waals surface area contributed by atoms with Crippen molar-refractivity contribution >= 4 is 27.9 Å². The number of aliphatic hydroxyl groups excluding tert-OH is 1. The number of hydrogen-bond acceptors (Lipinski definition) is 10. The molecule has 1 aliphatic carbocycles. The van der Waals surface area contributed by atoms with Gasteiger partial charge in [0.2, 0.25) is 0 Å². The molecule has 2 atom stereocenters. The average molecular weight is 774 g/mol. The van der Waals surface area contributed by atoms with E-state index in [1.807, 2.05) is 18.2 Å². The maximum atomic E-state index is 12.4. The van der Waals surface area contributed by atoms with E-state index in [4.69, 9.17) is 5.73 Å². The number of nitrogens with one attached hydrogen (secondary N) is 4. The third-order valence-corrected chi connectivity index (χ3v) is 10.5. The second kappa shape index (κ2) is 20.9. The number of aliphatic hydroxyl groups is 1. The molecule has 0 bridgehead atoms. The number of nitrogens with zero attached hydrogens (tertiary/aromatic N) is 2. The van der Waals surface area contributed by atoms with Gasteiger partial charge in [-0.15, -0.1) is 0 Å². The van der Waals surface area contributed by atoms with Crippen molar-refractivity contribution in [3.63, 3.8) is 0 Å². The van der Waals surface area contributed by atoms with Crippen LogP contribution in [-0.4, -0.2) is 71.6 Å². The summed E-state index contributed by atoms with van der Waals surface area (Å²) in [5.74, 6) is -1.21. The van der Waals surface area contributed by atoms with Crippen molar-refractivity contribution in [2.45, 2.75) is 88.3 Å². The van der Waals surface area contributed by atoms with Crippen molar-refractivity contribution in [1.82, 2.24) is 30.6 Å². The minimum atomic E-state index is -3.95. The van der Waals surface area contributed by atoms with Crippen LogP contribution < -0.4 is 26.4 Å². The summed E-state index contributed by atoms with van der Waals surface area (Å²) in [4.78, 5) is 43.4. The smallest absolute Gasteiger partial charge is 0.328 e. The van der Waals surface area contributed by atoms with Crippen molar-refractivity contribution in [2.24, 2.45) is 5.73 Å². The number of aryl methyl sites for hydroxylation is 2. The number of carbonyl (C=O) groups excluding carboxylic acids is 3. The maximum Gasteiger partial charge on any atom is 0.328 e. The van der Waals surface area contributed by atoms with E-state index in [1.165, 1.54) is 42.2 Å². The zero-order valence-corrected chi connectivity index (χ0v) is 32.0. The molecule has 1 fully saturated rings. The van der Waals surface area contributed by atoms with Crippen LogP contribution in [0.2, 0.25) is 0 Å². The summed E-state index contributed by atoms with van der Waals surface area (Å²) >= 11 is 0. The molecule has 15 heteroatoms. The number of amides is 4. The summed E-state index contributed by atoms with van der Waals surface area (Å²) in [6.07, 6.45) is 9.58. The summed E-state index contributed by atoms with van der Waals surface area (Å²) in [5.41, 5.74) is 8.87. The van der Waals surface area contributed by atoms with Crippen LogP contribution in [0, 0.1) is 6.92 Å². The summed E-state index contributed by atoms with van der Waals surface area (Å²) in [5, 5.41) is 28.6. The molecule has 8 N–H and O–H groups in total. The van der Waals surface area contributed by atoms with Gasteiger partial charge in [-0.05, 0) is 86.9 Å². The molecule has 0 radical (unpaired) electrons. The number of hydrogen-bond donors (Lipinski definition) is 7. The third-order valence-electron chi connectivity index (χ3n) is 9.15. The van der Waals surface area contributed by atoms with Gasteiger partial charge in [-0.3, -0.25) is 14.6 Å². The number of urea groups is 1. The van der Waals surface area contributed by atoms with E-state index in [0.717, 1.165) is 56.2 Å². The number of carbonyl (C=O) groups is 3. The number of phenols is 1. The maximum absolute atomic E-state index is 12.4. The molecule has 55 heavy (non-hydrogen) atoms. The zero-order chi connectivity index (χ0) is 39.8. The molecule has 2 unspecified atom stereocenters. The first-order chi connectivity index (χ1) is 26.3. The molecular weight excluding hydrogens is 723 g/mol. The van der Waals surface area contributed by atoms with Gasteiger partial charge in [0.05, 0.1) is 28.5 Å². The van der Waals surface area contributed by atoms with Crippen LogP contribution in [0.1, 0.15) is 94.8 Å². The number of sulfonamides is 1. The van der Waals surface area contributed by atoms with Gasteiger partial charge in [-0.1, -0.05) is 67.8 Å². The van der Waals surface area contributed by atoms with E-state index in [-0.39, 0.29) is 39.9 Å². The highest BCUT2D eigenvalue weighted by atomic mass is 32.2. The van der Waals surface area contributed by atoms with Crippen molar-refractivity contribution in [2.75, 3.05) is 13.1 Å². The molecule has 0 saturated heterocycles. The molecule has 14 nitrogen and oxygen atoms in total. The molecule has 294 valence electrons. The van der Waals surface area contributed by atoms with E-state index in [0.29, 0.717) is 25.1 Å². The highest BCUT2D eigenvalue weighted by molar-refractivity contribution is 7.90. The second-order valence-corrected chi connectivity index (χ2v) is 15.3. The van der Waals surface area contributed by atoms with Gasteiger partial charge >= 0.3 is 6.03 Å². The molecular formula is C40H51N7O7S. The summed E-state index contributed by atoms with van der Waals surface area (Å²) < 4.78 is 26.9. The predicted octanol–water partition coefficient (Wildman–Crippen LogP) is 4.21. The molecule has 0 spiro atoms. The predicted molar refractivity (Wildman–Crippen MR) is 209 cm³/mol. The van der Waals surface area contributed by atoms with E-state index in [9.17, 15) is 33.0 Å². The number of rotatable bonds is 15. The van der Waals surface area contributed by atoms with Gasteiger partial charge in [0, 0.05) is 31.4 Å². The van der Waals surface area contributed by atoms with E-state index < -0.39 is 28.1 Å². The first-order valence-corrected chi connectivity index (χ1v) is 19.9. The minimum Gasteiger partial charge on any atom is -0.507 e. The highest BCUT2D eigenvalue weighted by Crippen LogP contribution is 2.22. The first kappa shape index (κ1) is 42.4. The fourth-order valence-electron chi connectivity index (χ4n) is 5.92. The van der Waals surface area contributed by atoms with Crippen LogP contribution >= 0.6 is 0 Å². The van der Waals surface area contributed by atoms with Crippen LogP contribution in [0.4, 0.5) is 4.79 Å². The lowest BCUT2D eigenvalue weighted by Crippen LogP contribution is -2.45. The quantitative estimate of drug-likeness (QED) is 0.0911. The van der Waals surface area contributed by atoms with Crippen LogP contribution in [-0.2, 0) is 22.9 Å². The first-order valence-electron chi connectivity index (χ1n) is 18.4.